The molecule has 0 bridgehead atoms. The van der Waals surface area contributed by atoms with Crippen LogP contribution in [0, 0.1) is 0 Å². The first kappa shape index (κ1) is 15.6. The van der Waals surface area contributed by atoms with Gasteiger partial charge in [0.25, 0.3) is 5.91 Å². The van der Waals surface area contributed by atoms with Crippen molar-refractivity contribution in [3.8, 4) is 0 Å². The van der Waals surface area contributed by atoms with Gasteiger partial charge in [-0.3, -0.25) is 9.78 Å². The Balaban J connectivity index is 1.62. The van der Waals surface area contributed by atoms with Gasteiger partial charge in [-0.15, -0.1) is 0 Å². The maximum Gasteiger partial charge on any atom is 0.271 e. The van der Waals surface area contributed by atoms with Crippen molar-refractivity contribution in [3.05, 3.63) is 53.6 Å². The molecule has 0 saturated carbocycles. The molecule has 0 spiro atoms. The van der Waals surface area contributed by atoms with Crippen LogP contribution in [-0.2, 0) is 22.7 Å². The number of fused-ring (bicyclic) bond motifs is 1. The van der Waals surface area contributed by atoms with Gasteiger partial charge in [0.05, 0.1) is 16.8 Å². The zero-order valence-corrected chi connectivity index (χ0v) is 13.3. The van der Waals surface area contributed by atoms with Crippen LogP contribution in [-0.4, -0.2) is 36.6 Å². The summed E-state index contributed by atoms with van der Waals surface area (Å²) in [6, 6.07) is 5.43. The highest BCUT2D eigenvalue weighted by Crippen LogP contribution is 2.25. The van der Waals surface area contributed by atoms with E-state index in [1.165, 1.54) is 18.6 Å². The van der Waals surface area contributed by atoms with Gasteiger partial charge in [-0.05, 0) is 36.5 Å². The largest absolute Gasteiger partial charge is 0.350 e. The molecule has 0 aliphatic carbocycles. The van der Waals surface area contributed by atoms with Gasteiger partial charge in [0.2, 0.25) is 0 Å². The number of nitrogens with zero attached hydrogens (tertiary/aromatic N) is 2. The van der Waals surface area contributed by atoms with E-state index >= 15 is 0 Å². The van der Waals surface area contributed by atoms with Crippen molar-refractivity contribution in [1.29, 1.82) is 0 Å². The Hall–Kier alpha value is -2.28. The van der Waals surface area contributed by atoms with Crippen LogP contribution in [0.3, 0.4) is 0 Å². The summed E-state index contributed by atoms with van der Waals surface area (Å²) < 4.78 is 23.9. The molecule has 1 N–H and O–H groups in total. The van der Waals surface area contributed by atoms with Crippen molar-refractivity contribution in [2.75, 3.05) is 12.3 Å². The molecule has 1 aromatic heterocycles. The first-order valence-corrected chi connectivity index (χ1v) is 9.10. The van der Waals surface area contributed by atoms with E-state index in [0.29, 0.717) is 24.3 Å². The SMILES string of the molecule is O=C(NCCc1ccc2c(c1)CCCS2(=O)=O)c1cnccn1. The predicted molar refractivity (Wildman–Crippen MR) is 84.9 cm³/mol. The van der Waals surface area contributed by atoms with E-state index in [1.807, 2.05) is 12.1 Å². The third-order valence-electron chi connectivity index (χ3n) is 3.81. The zero-order valence-electron chi connectivity index (χ0n) is 12.5. The molecule has 1 aromatic carbocycles. The summed E-state index contributed by atoms with van der Waals surface area (Å²) in [4.78, 5) is 20.1. The van der Waals surface area contributed by atoms with Gasteiger partial charge in [-0.1, -0.05) is 12.1 Å². The van der Waals surface area contributed by atoms with Crippen LogP contribution in [0.5, 0.6) is 0 Å². The van der Waals surface area contributed by atoms with Crippen molar-refractivity contribution in [2.24, 2.45) is 0 Å². The van der Waals surface area contributed by atoms with Crippen LogP contribution in [0.2, 0.25) is 0 Å². The van der Waals surface area contributed by atoms with E-state index in [2.05, 4.69) is 15.3 Å². The Kier molecular flexibility index (Phi) is 4.38. The van der Waals surface area contributed by atoms with Gasteiger partial charge in [-0.2, -0.15) is 0 Å². The van der Waals surface area contributed by atoms with E-state index < -0.39 is 9.84 Å². The third kappa shape index (κ3) is 3.56. The van der Waals surface area contributed by atoms with Gasteiger partial charge in [-0.25, -0.2) is 13.4 Å². The molecule has 0 atom stereocenters. The fraction of sp³-hybridized carbons (Fsp3) is 0.312. The fourth-order valence-corrected chi connectivity index (χ4v) is 4.26. The Morgan fingerprint density at radius 1 is 1.26 bits per heavy atom. The van der Waals surface area contributed by atoms with Crippen LogP contribution in [0.25, 0.3) is 0 Å². The molecule has 1 aliphatic rings. The normalized spacial score (nSPS) is 15.7. The predicted octanol–water partition coefficient (Wildman–Crippen LogP) is 1.17. The Labute approximate surface area is 134 Å². The number of sulfone groups is 1. The molecule has 1 aliphatic heterocycles. The summed E-state index contributed by atoms with van der Waals surface area (Å²) in [6.45, 7) is 0.459. The van der Waals surface area contributed by atoms with Crippen LogP contribution >= 0.6 is 0 Å². The number of aromatic nitrogens is 2. The van der Waals surface area contributed by atoms with Gasteiger partial charge in [0.1, 0.15) is 5.69 Å². The average molecular weight is 331 g/mol. The van der Waals surface area contributed by atoms with Gasteiger partial charge < -0.3 is 5.32 Å². The molecule has 7 heteroatoms. The lowest BCUT2D eigenvalue weighted by Crippen LogP contribution is -2.26. The van der Waals surface area contributed by atoms with Gasteiger partial charge in [0, 0.05) is 18.9 Å². The number of aryl methyl sites for hydroxylation is 1. The number of rotatable bonds is 4. The maximum atomic E-state index is 12.0. The number of amides is 1. The minimum absolute atomic E-state index is 0.230. The summed E-state index contributed by atoms with van der Waals surface area (Å²) in [6.07, 6.45) is 6.49. The number of carbonyl (C=O) groups is 1. The summed E-state index contributed by atoms with van der Waals surface area (Å²) in [5.74, 6) is -0.0355. The van der Waals surface area contributed by atoms with Gasteiger partial charge >= 0.3 is 0 Å². The summed E-state index contributed by atoms with van der Waals surface area (Å²) in [7, 11) is -3.11. The average Bonchev–Trinajstić information content (AvgIpc) is 2.55. The second kappa shape index (κ2) is 6.45. The molecule has 3 rings (SSSR count). The van der Waals surface area contributed by atoms with Crippen molar-refractivity contribution in [2.45, 2.75) is 24.2 Å². The molecule has 1 amide bonds. The minimum atomic E-state index is -3.11. The lowest BCUT2D eigenvalue weighted by molar-refractivity contribution is 0.0948. The number of nitrogens with one attached hydrogen (secondary N) is 1. The monoisotopic (exact) mass is 331 g/mol. The van der Waals surface area contributed by atoms with E-state index in [0.717, 1.165) is 17.5 Å². The number of benzene rings is 1. The number of carbonyl (C=O) groups excluding carboxylic acids is 1. The van der Waals surface area contributed by atoms with Crippen LogP contribution in [0.15, 0.2) is 41.7 Å². The molecule has 2 aromatic rings. The Morgan fingerprint density at radius 3 is 2.91 bits per heavy atom. The van der Waals surface area contributed by atoms with Crippen LogP contribution < -0.4 is 5.32 Å². The highest BCUT2D eigenvalue weighted by Gasteiger charge is 2.23. The Bertz CT molecular complexity index is 820. The molecular weight excluding hydrogens is 314 g/mol. The highest BCUT2D eigenvalue weighted by molar-refractivity contribution is 7.91. The summed E-state index contributed by atoms with van der Waals surface area (Å²) >= 11 is 0. The smallest absolute Gasteiger partial charge is 0.271 e. The molecule has 0 saturated heterocycles. The standard InChI is InChI=1S/C16H17N3O3S/c20-16(14-11-17-7-8-18-14)19-6-5-12-3-4-15-13(10-12)2-1-9-23(15,21)22/h3-4,7-8,10-11H,1-2,5-6,9H2,(H,19,20). The van der Waals surface area contributed by atoms with Crippen LogP contribution in [0.1, 0.15) is 28.0 Å². The molecule has 0 fully saturated rings. The lowest BCUT2D eigenvalue weighted by atomic mass is 10.0. The molecule has 23 heavy (non-hydrogen) atoms. The van der Waals surface area contributed by atoms with Crippen molar-refractivity contribution >= 4 is 15.7 Å². The Morgan fingerprint density at radius 2 is 2.13 bits per heavy atom. The minimum Gasteiger partial charge on any atom is -0.350 e. The summed E-state index contributed by atoms with van der Waals surface area (Å²) in [5, 5.41) is 2.78. The van der Waals surface area contributed by atoms with Crippen molar-refractivity contribution < 1.29 is 13.2 Å². The zero-order chi connectivity index (χ0) is 16.3. The van der Waals surface area contributed by atoms with Crippen LogP contribution in [0.4, 0.5) is 0 Å². The van der Waals surface area contributed by atoms with Crippen molar-refractivity contribution in [1.82, 2.24) is 15.3 Å². The summed E-state index contributed by atoms with van der Waals surface area (Å²) in [5.41, 5.74) is 2.18. The number of hydrogen-bond donors (Lipinski definition) is 1. The van der Waals surface area contributed by atoms with Crippen molar-refractivity contribution in [3.63, 3.8) is 0 Å². The van der Waals surface area contributed by atoms with E-state index in [9.17, 15) is 13.2 Å². The molecule has 120 valence electrons. The quantitative estimate of drug-likeness (QED) is 0.908. The van der Waals surface area contributed by atoms with E-state index in [4.69, 9.17) is 0 Å². The van der Waals surface area contributed by atoms with E-state index in [1.54, 1.807) is 6.07 Å². The molecular formula is C16H17N3O3S. The molecule has 6 nitrogen and oxygen atoms in total. The molecule has 0 unspecified atom stereocenters. The third-order valence-corrected chi connectivity index (χ3v) is 5.71. The molecule has 2 heterocycles. The van der Waals surface area contributed by atoms with Gasteiger partial charge in [0.15, 0.2) is 9.84 Å². The highest BCUT2D eigenvalue weighted by atomic mass is 32.2. The topological polar surface area (TPSA) is 89.0 Å². The molecule has 0 radical (unpaired) electrons. The lowest BCUT2D eigenvalue weighted by Gasteiger charge is -2.17. The van der Waals surface area contributed by atoms with E-state index in [-0.39, 0.29) is 17.4 Å². The fourth-order valence-electron chi connectivity index (χ4n) is 2.68. The number of hydrogen-bond acceptors (Lipinski definition) is 5. The maximum absolute atomic E-state index is 12.0. The second-order valence-electron chi connectivity index (χ2n) is 5.46. The second-order valence-corrected chi connectivity index (χ2v) is 7.54. The first-order valence-electron chi connectivity index (χ1n) is 7.45. The first-order chi connectivity index (χ1) is 11.1.